The van der Waals surface area contributed by atoms with E-state index in [0.717, 1.165) is 7.11 Å². The van der Waals surface area contributed by atoms with Crippen LogP contribution in [0.4, 0.5) is 17.3 Å². The molecule has 3 nitrogen and oxygen atoms in total. The Kier molecular flexibility index (Phi) is 2.97. The van der Waals surface area contributed by atoms with Crippen molar-refractivity contribution in [3.05, 3.63) is 23.8 Å². The molecule has 0 saturated carbocycles. The van der Waals surface area contributed by atoms with Crippen LogP contribution in [-0.2, 0) is 4.74 Å². The highest BCUT2D eigenvalue weighted by molar-refractivity contribution is 6.73. The van der Waals surface area contributed by atoms with Gasteiger partial charge in [-0.25, -0.2) is 14.2 Å². The molecule has 1 aromatic rings. The Bertz CT molecular complexity index is 393. The Hall–Kier alpha value is -1.60. The average molecular weight is 222 g/mol. The van der Waals surface area contributed by atoms with E-state index in [9.17, 15) is 22.1 Å². The third-order valence-electron chi connectivity index (χ3n) is 1.65. The molecular weight excluding hydrogens is 217 g/mol. The lowest BCUT2D eigenvalue weighted by Crippen LogP contribution is -2.38. The molecule has 0 saturated heterocycles. The van der Waals surface area contributed by atoms with Gasteiger partial charge >= 0.3 is 12.9 Å². The van der Waals surface area contributed by atoms with Gasteiger partial charge in [-0.15, -0.1) is 0 Å². The van der Waals surface area contributed by atoms with Gasteiger partial charge in [-0.3, -0.25) is 0 Å². The van der Waals surface area contributed by atoms with Crippen LogP contribution in [0, 0.1) is 5.82 Å². The normalized spacial score (nSPS) is 11.3. The summed E-state index contributed by atoms with van der Waals surface area (Å²) in [4.78, 5) is 14.0. The van der Waals surface area contributed by atoms with Gasteiger partial charge in [0.25, 0.3) is 0 Å². The fourth-order valence-electron chi connectivity index (χ4n) is 0.950. The number of aromatic nitrogens is 1. The third-order valence-corrected chi connectivity index (χ3v) is 1.65. The smallest absolute Gasteiger partial charge is 0.464 e. The second-order valence-electron chi connectivity index (χ2n) is 2.63. The summed E-state index contributed by atoms with van der Waals surface area (Å²) in [6.07, 6.45) is 0.708. The number of halogens is 4. The summed E-state index contributed by atoms with van der Waals surface area (Å²) in [6, 6.07) is 0.474. The summed E-state index contributed by atoms with van der Waals surface area (Å²) in [5.41, 5.74) is -2.44. The fourth-order valence-corrected chi connectivity index (χ4v) is 0.950. The molecule has 0 aromatic carbocycles. The van der Waals surface area contributed by atoms with E-state index in [1.807, 2.05) is 0 Å². The van der Waals surface area contributed by atoms with Gasteiger partial charge in [0.2, 0.25) is 0 Å². The van der Waals surface area contributed by atoms with Crippen molar-refractivity contribution in [2.75, 3.05) is 7.11 Å². The van der Waals surface area contributed by atoms with Gasteiger partial charge in [0.05, 0.1) is 7.11 Å². The molecule has 8 heteroatoms. The van der Waals surface area contributed by atoms with E-state index in [4.69, 9.17) is 0 Å². The largest absolute Gasteiger partial charge is 0.512 e. The maximum atomic E-state index is 13.1. The fraction of sp³-hybridized carbons (Fsp3) is 0.143. The number of esters is 1. The summed E-state index contributed by atoms with van der Waals surface area (Å²) in [5.74, 6) is -2.94. The van der Waals surface area contributed by atoms with Crippen molar-refractivity contribution in [2.45, 2.75) is 0 Å². The van der Waals surface area contributed by atoms with Crippen molar-refractivity contribution in [1.82, 2.24) is 4.98 Å². The molecule has 15 heavy (non-hydrogen) atoms. The van der Waals surface area contributed by atoms with Gasteiger partial charge in [-0.1, -0.05) is 11.5 Å². The van der Waals surface area contributed by atoms with E-state index in [-0.39, 0.29) is 0 Å². The summed E-state index contributed by atoms with van der Waals surface area (Å²) in [7, 11) is 0.925. The molecule has 0 amide bonds. The van der Waals surface area contributed by atoms with Gasteiger partial charge in [0, 0.05) is 6.20 Å². The first kappa shape index (κ1) is 11.5. The predicted octanol–water partition coefficient (Wildman–Crippen LogP) is 1.06. The van der Waals surface area contributed by atoms with Gasteiger partial charge < -0.3 is 17.7 Å². The van der Waals surface area contributed by atoms with E-state index in [0.29, 0.717) is 12.3 Å². The molecule has 0 aliphatic heterocycles. The summed E-state index contributed by atoms with van der Waals surface area (Å²) >= 11 is 0. The van der Waals surface area contributed by atoms with Crippen molar-refractivity contribution in [1.29, 1.82) is 0 Å². The standard InChI is InChI=1S/C7H5BF4NO2/c1-15-7(14)6-5(9)4(2-3-13-6)8(10,11)12/h2-3H,1H3/q-1. The first-order valence-corrected chi connectivity index (χ1v) is 3.80. The van der Waals surface area contributed by atoms with Crippen molar-refractivity contribution in [3.63, 3.8) is 0 Å². The molecule has 0 radical (unpaired) electrons. The molecule has 0 aliphatic rings. The molecule has 1 aromatic heterocycles. The second kappa shape index (κ2) is 3.88. The maximum absolute atomic E-state index is 13.1. The van der Waals surface area contributed by atoms with Crippen molar-refractivity contribution < 1.29 is 26.9 Å². The molecule has 0 bridgehead atoms. The van der Waals surface area contributed by atoms with Crippen LogP contribution in [0.5, 0.6) is 0 Å². The number of carbonyl (C=O) groups excluding carboxylic acids is 1. The number of methoxy groups -OCH3 is 1. The van der Waals surface area contributed by atoms with Crippen LogP contribution in [0.25, 0.3) is 0 Å². The summed E-state index contributed by atoms with van der Waals surface area (Å²) < 4.78 is 53.9. The quantitative estimate of drug-likeness (QED) is 0.426. The van der Waals surface area contributed by atoms with Crippen LogP contribution in [0.15, 0.2) is 12.3 Å². The van der Waals surface area contributed by atoms with E-state index in [2.05, 4.69) is 9.72 Å². The van der Waals surface area contributed by atoms with Crippen molar-refractivity contribution in [3.8, 4) is 0 Å². The number of pyridine rings is 1. The molecule has 0 unspecified atom stereocenters. The molecule has 0 atom stereocenters. The Morgan fingerprint density at radius 3 is 2.53 bits per heavy atom. The third kappa shape index (κ3) is 2.25. The molecular formula is C7H5BF4NO2-. The lowest BCUT2D eigenvalue weighted by molar-refractivity contribution is 0.0588. The second-order valence-corrected chi connectivity index (χ2v) is 2.63. The predicted molar refractivity (Wildman–Crippen MR) is 44.2 cm³/mol. The lowest BCUT2D eigenvalue weighted by atomic mass is 9.80. The molecule has 0 fully saturated rings. The van der Waals surface area contributed by atoms with Crippen molar-refractivity contribution in [2.24, 2.45) is 0 Å². The van der Waals surface area contributed by atoms with E-state index >= 15 is 0 Å². The topological polar surface area (TPSA) is 39.2 Å². The van der Waals surface area contributed by atoms with Gasteiger partial charge in [-0.05, 0) is 0 Å². The first-order chi connectivity index (χ1) is 6.88. The number of nitrogens with zero attached hydrogens (tertiary/aromatic N) is 1. The van der Waals surface area contributed by atoms with Crippen LogP contribution in [0.3, 0.4) is 0 Å². The molecule has 0 N–H and O–H groups in total. The maximum Gasteiger partial charge on any atom is 0.512 e. The molecule has 1 heterocycles. The van der Waals surface area contributed by atoms with Crippen LogP contribution in [0.1, 0.15) is 10.5 Å². The van der Waals surface area contributed by atoms with Crippen LogP contribution in [-0.4, -0.2) is 25.0 Å². The minimum atomic E-state index is -5.51. The van der Waals surface area contributed by atoms with E-state index in [1.165, 1.54) is 0 Å². The van der Waals surface area contributed by atoms with Gasteiger partial charge in [-0.2, -0.15) is 0 Å². The van der Waals surface area contributed by atoms with Gasteiger partial charge in [0.1, 0.15) is 5.82 Å². The SMILES string of the molecule is COC(=O)c1nccc([B-](F)(F)F)c1F. The van der Waals surface area contributed by atoms with E-state index < -0.39 is 29.9 Å². The monoisotopic (exact) mass is 222 g/mol. The molecule has 82 valence electrons. The lowest BCUT2D eigenvalue weighted by Gasteiger charge is -2.16. The summed E-state index contributed by atoms with van der Waals surface area (Å²) in [6.45, 7) is -5.51. The highest BCUT2D eigenvalue weighted by Gasteiger charge is 2.31. The Morgan fingerprint density at radius 2 is 2.07 bits per heavy atom. The van der Waals surface area contributed by atoms with Crippen LogP contribution >= 0.6 is 0 Å². The molecule has 1 rings (SSSR count). The average Bonchev–Trinajstić information content (AvgIpc) is 2.15. The Labute approximate surface area is 82.1 Å². The summed E-state index contributed by atoms with van der Waals surface area (Å²) in [5, 5.41) is 0. The highest BCUT2D eigenvalue weighted by Crippen LogP contribution is 2.13. The van der Waals surface area contributed by atoms with E-state index in [1.54, 1.807) is 0 Å². The number of rotatable bonds is 2. The number of hydrogen-bond acceptors (Lipinski definition) is 3. The molecule has 0 aliphatic carbocycles. The van der Waals surface area contributed by atoms with Crippen LogP contribution in [0.2, 0.25) is 0 Å². The Morgan fingerprint density at radius 1 is 1.47 bits per heavy atom. The number of hydrogen-bond donors (Lipinski definition) is 0. The van der Waals surface area contributed by atoms with Crippen molar-refractivity contribution >= 4 is 18.4 Å². The zero-order valence-electron chi connectivity index (χ0n) is 7.51. The zero-order valence-corrected chi connectivity index (χ0v) is 7.51. The number of carbonyl (C=O) groups is 1. The minimum Gasteiger partial charge on any atom is -0.464 e. The zero-order chi connectivity index (χ0) is 11.6. The molecule has 0 spiro atoms. The van der Waals surface area contributed by atoms with Gasteiger partial charge in [0.15, 0.2) is 5.69 Å². The Balaban J connectivity index is 3.30. The first-order valence-electron chi connectivity index (χ1n) is 3.80. The number of ether oxygens (including phenoxy) is 1. The minimum absolute atomic E-state index is 0.474. The highest BCUT2D eigenvalue weighted by atomic mass is 19.4. The van der Waals surface area contributed by atoms with Crippen LogP contribution < -0.4 is 5.46 Å².